The van der Waals surface area contributed by atoms with Gasteiger partial charge in [-0.1, -0.05) is 11.6 Å². The maximum absolute atomic E-state index is 10.8. The summed E-state index contributed by atoms with van der Waals surface area (Å²) in [6, 6.07) is 3.04. The molecule has 1 aromatic heterocycles. The molecule has 7 heteroatoms. The second kappa shape index (κ2) is 5.27. The van der Waals surface area contributed by atoms with E-state index < -0.39 is 4.92 Å². The van der Waals surface area contributed by atoms with Crippen LogP contribution in [-0.2, 0) is 6.54 Å². The third-order valence-electron chi connectivity index (χ3n) is 2.89. The number of aryl methyl sites for hydroxylation is 2. The number of aromatic amines is 1. The molecule has 0 aliphatic rings. The van der Waals surface area contributed by atoms with Crippen molar-refractivity contribution in [2.45, 2.75) is 20.4 Å². The van der Waals surface area contributed by atoms with Gasteiger partial charge in [0.05, 0.1) is 11.1 Å². The van der Waals surface area contributed by atoms with Crippen molar-refractivity contribution in [3.05, 3.63) is 50.3 Å². The van der Waals surface area contributed by atoms with Gasteiger partial charge in [-0.3, -0.25) is 15.2 Å². The molecule has 2 aromatic rings. The molecule has 0 saturated carbocycles. The predicted molar refractivity (Wildman–Crippen MR) is 73.5 cm³/mol. The van der Waals surface area contributed by atoms with Gasteiger partial charge in [0, 0.05) is 29.6 Å². The van der Waals surface area contributed by atoms with Crippen molar-refractivity contribution in [3.63, 3.8) is 0 Å². The standard InChI is InChI=1S/C12H13ClN4O2/c1-7-3-12(17(18)19)10(13)4-11(7)14-5-9-6-15-16-8(9)2/h3-4,6,14H,5H2,1-2H3,(H,15,16). The topological polar surface area (TPSA) is 83.8 Å². The van der Waals surface area contributed by atoms with Crippen LogP contribution in [0.15, 0.2) is 18.3 Å². The number of nitro groups is 1. The van der Waals surface area contributed by atoms with E-state index >= 15 is 0 Å². The lowest BCUT2D eigenvalue weighted by Crippen LogP contribution is -2.02. The number of nitrogens with zero attached hydrogens (tertiary/aromatic N) is 2. The average molecular weight is 281 g/mol. The van der Waals surface area contributed by atoms with Crippen LogP contribution in [0, 0.1) is 24.0 Å². The molecule has 2 rings (SSSR count). The summed E-state index contributed by atoms with van der Waals surface area (Å²) in [4.78, 5) is 10.3. The number of anilines is 1. The summed E-state index contributed by atoms with van der Waals surface area (Å²) in [5, 5.41) is 20.9. The first-order valence-electron chi connectivity index (χ1n) is 5.66. The van der Waals surface area contributed by atoms with Crippen LogP contribution in [-0.4, -0.2) is 15.1 Å². The highest BCUT2D eigenvalue weighted by atomic mass is 35.5. The summed E-state index contributed by atoms with van der Waals surface area (Å²) >= 11 is 5.89. The zero-order valence-corrected chi connectivity index (χ0v) is 11.3. The quantitative estimate of drug-likeness (QED) is 0.665. The highest BCUT2D eigenvalue weighted by Crippen LogP contribution is 2.30. The number of hydrogen-bond acceptors (Lipinski definition) is 4. The zero-order valence-electron chi connectivity index (χ0n) is 10.5. The summed E-state index contributed by atoms with van der Waals surface area (Å²) < 4.78 is 0. The van der Waals surface area contributed by atoms with Gasteiger partial charge in [0.1, 0.15) is 5.02 Å². The van der Waals surface area contributed by atoms with Gasteiger partial charge in [-0.2, -0.15) is 5.10 Å². The fraction of sp³-hybridized carbons (Fsp3) is 0.250. The summed E-state index contributed by atoms with van der Waals surface area (Å²) in [7, 11) is 0. The molecule has 1 heterocycles. The first-order chi connectivity index (χ1) is 8.99. The molecule has 0 amide bonds. The smallest absolute Gasteiger partial charge is 0.288 e. The number of nitrogens with one attached hydrogen (secondary N) is 2. The van der Waals surface area contributed by atoms with Crippen molar-refractivity contribution in [1.82, 2.24) is 10.2 Å². The number of rotatable bonds is 4. The van der Waals surface area contributed by atoms with Crippen LogP contribution < -0.4 is 5.32 Å². The molecular formula is C12H13ClN4O2. The van der Waals surface area contributed by atoms with E-state index in [1.165, 1.54) is 6.07 Å². The Labute approximate surface area is 114 Å². The van der Waals surface area contributed by atoms with E-state index in [0.29, 0.717) is 6.54 Å². The Bertz CT molecular complexity index is 624. The molecule has 0 radical (unpaired) electrons. The number of H-pyrrole nitrogens is 1. The van der Waals surface area contributed by atoms with E-state index in [0.717, 1.165) is 22.5 Å². The molecule has 0 atom stereocenters. The van der Waals surface area contributed by atoms with Crippen molar-refractivity contribution in [3.8, 4) is 0 Å². The molecule has 0 bridgehead atoms. The van der Waals surface area contributed by atoms with Crippen molar-refractivity contribution in [2.24, 2.45) is 0 Å². The highest BCUT2D eigenvalue weighted by molar-refractivity contribution is 6.33. The van der Waals surface area contributed by atoms with Gasteiger partial charge in [0.15, 0.2) is 0 Å². The van der Waals surface area contributed by atoms with Crippen molar-refractivity contribution < 1.29 is 4.92 Å². The number of benzene rings is 1. The van der Waals surface area contributed by atoms with Crippen LogP contribution in [0.1, 0.15) is 16.8 Å². The van der Waals surface area contributed by atoms with E-state index in [1.807, 2.05) is 6.92 Å². The van der Waals surface area contributed by atoms with Crippen LogP contribution in [0.2, 0.25) is 5.02 Å². The second-order valence-electron chi connectivity index (χ2n) is 4.25. The Kier molecular flexibility index (Phi) is 3.71. The molecule has 2 N–H and O–H groups in total. The minimum Gasteiger partial charge on any atom is -0.381 e. The van der Waals surface area contributed by atoms with Gasteiger partial charge in [-0.05, 0) is 25.5 Å². The largest absolute Gasteiger partial charge is 0.381 e. The van der Waals surface area contributed by atoms with Gasteiger partial charge in [-0.15, -0.1) is 0 Å². The fourth-order valence-electron chi connectivity index (χ4n) is 1.74. The normalized spacial score (nSPS) is 10.5. The average Bonchev–Trinajstić information content (AvgIpc) is 2.75. The Morgan fingerprint density at radius 3 is 2.79 bits per heavy atom. The second-order valence-corrected chi connectivity index (χ2v) is 4.66. The summed E-state index contributed by atoms with van der Waals surface area (Å²) in [6.45, 7) is 4.31. The van der Waals surface area contributed by atoms with Crippen LogP contribution in [0.4, 0.5) is 11.4 Å². The molecule has 1 aromatic carbocycles. The first-order valence-corrected chi connectivity index (χ1v) is 6.04. The summed E-state index contributed by atoms with van der Waals surface area (Å²) in [5.41, 5.74) is 3.49. The van der Waals surface area contributed by atoms with E-state index in [-0.39, 0.29) is 10.7 Å². The van der Waals surface area contributed by atoms with Crippen LogP contribution in [0.3, 0.4) is 0 Å². The highest BCUT2D eigenvalue weighted by Gasteiger charge is 2.15. The molecule has 0 saturated heterocycles. The van der Waals surface area contributed by atoms with Crippen LogP contribution >= 0.6 is 11.6 Å². The lowest BCUT2D eigenvalue weighted by molar-refractivity contribution is -0.384. The number of aromatic nitrogens is 2. The molecule has 0 aliphatic carbocycles. The van der Waals surface area contributed by atoms with Gasteiger partial charge in [0.25, 0.3) is 5.69 Å². The van der Waals surface area contributed by atoms with E-state index in [2.05, 4.69) is 15.5 Å². The Morgan fingerprint density at radius 1 is 1.47 bits per heavy atom. The maximum atomic E-state index is 10.8. The molecule has 100 valence electrons. The molecule has 0 fully saturated rings. The van der Waals surface area contributed by atoms with Gasteiger partial charge in [0.2, 0.25) is 0 Å². The Balaban J connectivity index is 2.20. The minimum atomic E-state index is -0.487. The van der Waals surface area contributed by atoms with E-state index in [1.54, 1.807) is 19.2 Å². The molecule has 19 heavy (non-hydrogen) atoms. The van der Waals surface area contributed by atoms with Gasteiger partial charge >= 0.3 is 0 Å². The fourth-order valence-corrected chi connectivity index (χ4v) is 1.97. The van der Waals surface area contributed by atoms with Crippen molar-refractivity contribution >= 4 is 23.0 Å². The Morgan fingerprint density at radius 2 is 2.21 bits per heavy atom. The molecule has 0 spiro atoms. The minimum absolute atomic E-state index is 0.0794. The zero-order chi connectivity index (χ0) is 14.0. The summed E-state index contributed by atoms with van der Waals surface area (Å²) in [6.07, 6.45) is 1.74. The molecule has 0 aliphatic heterocycles. The van der Waals surface area contributed by atoms with Crippen LogP contribution in [0.5, 0.6) is 0 Å². The van der Waals surface area contributed by atoms with Gasteiger partial charge in [-0.25, -0.2) is 0 Å². The third kappa shape index (κ3) is 2.85. The van der Waals surface area contributed by atoms with E-state index in [4.69, 9.17) is 11.6 Å². The maximum Gasteiger partial charge on any atom is 0.288 e. The number of nitro benzene ring substituents is 1. The molecular weight excluding hydrogens is 268 g/mol. The lowest BCUT2D eigenvalue weighted by Gasteiger charge is -2.09. The predicted octanol–water partition coefficient (Wildman–Crippen LogP) is 3.20. The van der Waals surface area contributed by atoms with Crippen molar-refractivity contribution in [1.29, 1.82) is 0 Å². The van der Waals surface area contributed by atoms with Crippen molar-refractivity contribution in [2.75, 3.05) is 5.32 Å². The third-order valence-corrected chi connectivity index (χ3v) is 3.20. The first kappa shape index (κ1) is 13.4. The SMILES string of the molecule is Cc1cc([N+](=O)[O-])c(Cl)cc1NCc1cn[nH]c1C. The monoisotopic (exact) mass is 280 g/mol. The molecule has 6 nitrogen and oxygen atoms in total. The summed E-state index contributed by atoms with van der Waals surface area (Å²) in [5.74, 6) is 0. The lowest BCUT2D eigenvalue weighted by atomic mass is 10.1. The van der Waals surface area contributed by atoms with E-state index in [9.17, 15) is 10.1 Å². The van der Waals surface area contributed by atoms with Crippen LogP contribution in [0.25, 0.3) is 0 Å². The number of hydrogen-bond donors (Lipinski definition) is 2. The van der Waals surface area contributed by atoms with Gasteiger partial charge < -0.3 is 5.32 Å². The Hall–Kier alpha value is -2.08. The number of halogens is 1. The molecule has 0 unspecified atom stereocenters.